The molecule has 0 saturated carbocycles. The molecule has 20 heavy (non-hydrogen) atoms. The molecule has 2 aromatic rings. The second kappa shape index (κ2) is 6.25. The Labute approximate surface area is 127 Å². The van der Waals surface area contributed by atoms with E-state index in [2.05, 4.69) is 5.32 Å². The molecule has 1 N–H and O–H groups in total. The van der Waals surface area contributed by atoms with Gasteiger partial charge >= 0.3 is 0 Å². The smallest absolute Gasteiger partial charge is 0.228 e. The summed E-state index contributed by atoms with van der Waals surface area (Å²) in [6, 6.07) is 7.55. The number of halogens is 4. The highest BCUT2D eigenvalue weighted by Crippen LogP contribution is 2.20. The first-order valence-corrected chi connectivity index (χ1v) is 6.73. The minimum atomic E-state index is -1.03. The van der Waals surface area contributed by atoms with E-state index in [9.17, 15) is 18.0 Å². The van der Waals surface area contributed by atoms with Crippen LogP contribution >= 0.6 is 22.6 Å². The third-order valence-electron chi connectivity index (χ3n) is 2.59. The lowest BCUT2D eigenvalue weighted by molar-refractivity contribution is -0.115. The average Bonchev–Trinajstić information content (AvgIpc) is 2.38. The Bertz CT molecular complexity index is 661. The monoisotopic (exact) mass is 391 g/mol. The Kier molecular flexibility index (Phi) is 4.64. The molecule has 6 heteroatoms. The number of benzene rings is 2. The van der Waals surface area contributed by atoms with Gasteiger partial charge in [-0.1, -0.05) is 12.1 Å². The number of hydrogen-bond acceptors (Lipinski definition) is 1. The van der Waals surface area contributed by atoms with Crippen LogP contribution in [0.3, 0.4) is 0 Å². The Morgan fingerprint density at radius 1 is 1.15 bits per heavy atom. The number of nitrogens with one attached hydrogen (secondary N) is 1. The number of amides is 1. The molecule has 0 aliphatic rings. The van der Waals surface area contributed by atoms with E-state index in [-0.39, 0.29) is 12.0 Å². The van der Waals surface area contributed by atoms with Crippen molar-refractivity contribution in [3.63, 3.8) is 0 Å². The summed E-state index contributed by atoms with van der Waals surface area (Å²) in [5.74, 6) is -2.94. The van der Waals surface area contributed by atoms with Gasteiger partial charge in [-0.25, -0.2) is 13.2 Å². The van der Waals surface area contributed by atoms with Crippen molar-refractivity contribution >= 4 is 34.2 Å². The molecule has 0 heterocycles. The van der Waals surface area contributed by atoms with Crippen molar-refractivity contribution in [1.29, 1.82) is 0 Å². The van der Waals surface area contributed by atoms with Gasteiger partial charge in [0.2, 0.25) is 5.91 Å². The molecule has 2 nitrogen and oxygen atoms in total. The molecule has 2 rings (SSSR count). The van der Waals surface area contributed by atoms with E-state index in [0.29, 0.717) is 9.26 Å². The van der Waals surface area contributed by atoms with Crippen molar-refractivity contribution in [2.75, 3.05) is 5.32 Å². The first-order valence-electron chi connectivity index (χ1n) is 5.65. The van der Waals surface area contributed by atoms with Crippen LogP contribution in [0.5, 0.6) is 0 Å². The van der Waals surface area contributed by atoms with Crippen LogP contribution < -0.4 is 5.32 Å². The van der Waals surface area contributed by atoms with Gasteiger partial charge in [-0.15, -0.1) is 0 Å². The lowest BCUT2D eigenvalue weighted by Gasteiger charge is -2.08. The second-order valence-corrected chi connectivity index (χ2v) is 5.22. The van der Waals surface area contributed by atoms with Crippen LogP contribution in [0.2, 0.25) is 0 Å². The quantitative estimate of drug-likeness (QED) is 0.791. The molecular formula is C14H9F3INO. The van der Waals surface area contributed by atoms with Crippen molar-refractivity contribution in [2.24, 2.45) is 0 Å². The summed E-state index contributed by atoms with van der Waals surface area (Å²) < 4.78 is 39.9. The van der Waals surface area contributed by atoms with Gasteiger partial charge in [-0.2, -0.15) is 0 Å². The summed E-state index contributed by atoms with van der Waals surface area (Å²) in [4.78, 5) is 11.8. The van der Waals surface area contributed by atoms with Gasteiger partial charge in [0.1, 0.15) is 5.82 Å². The van der Waals surface area contributed by atoms with E-state index >= 15 is 0 Å². The SMILES string of the molecule is O=C(Cc1cccc(F)c1F)Nc1ccc(F)cc1I. The van der Waals surface area contributed by atoms with Gasteiger partial charge in [0, 0.05) is 9.13 Å². The van der Waals surface area contributed by atoms with Crippen LogP contribution in [-0.4, -0.2) is 5.91 Å². The molecule has 0 aliphatic carbocycles. The van der Waals surface area contributed by atoms with Gasteiger partial charge in [0.05, 0.1) is 12.1 Å². The number of carbonyl (C=O) groups excluding carboxylic acids is 1. The van der Waals surface area contributed by atoms with Gasteiger partial charge in [0.15, 0.2) is 11.6 Å². The van der Waals surface area contributed by atoms with E-state index in [1.54, 1.807) is 0 Å². The van der Waals surface area contributed by atoms with Gasteiger partial charge in [0.25, 0.3) is 0 Å². The second-order valence-electron chi connectivity index (χ2n) is 4.06. The van der Waals surface area contributed by atoms with Crippen LogP contribution in [0, 0.1) is 21.0 Å². The molecule has 0 bridgehead atoms. The number of hydrogen-bond donors (Lipinski definition) is 1. The van der Waals surface area contributed by atoms with Crippen LogP contribution in [0.15, 0.2) is 36.4 Å². The fraction of sp³-hybridized carbons (Fsp3) is 0.0714. The number of anilines is 1. The largest absolute Gasteiger partial charge is 0.325 e. The first kappa shape index (κ1) is 14.8. The normalized spacial score (nSPS) is 10.4. The number of carbonyl (C=O) groups is 1. The third kappa shape index (κ3) is 3.50. The standard InChI is InChI=1S/C14H9F3INO/c15-9-4-5-12(11(18)7-9)19-13(20)6-8-2-1-3-10(16)14(8)17/h1-5,7H,6H2,(H,19,20). The average molecular weight is 391 g/mol. The van der Waals surface area contributed by atoms with Gasteiger partial charge in [-0.05, 0) is 46.9 Å². The van der Waals surface area contributed by atoms with Crippen molar-refractivity contribution < 1.29 is 18.0 Å². The Hall–Kier alpha value is -1.57. The topological polar surface area (TPSA) is 29.1 Å². The van der Waals surface area contributed by atoms with Crippen LogP contribution in [0.4, 0.5) is 18.9 Å². The zero-order chi connectivity index (χ0) is 14.7. The molecule has 1 amide bonds. The first-order chi connectivity index (χ1) is 9.47. The maximum atomic E-state index is 13.4. The third-order valence-corrected chi connectivity index (χ3v) is 3.48. The molecule has 0 spiro atoms. The molecule has 0 atom stereocenters. The molecule has 2 aromatic carbocycles. The Morgan fingerprint density at radius 2 is 1.90 bits per heavy atom. The minimum absolute atomic E-state index is 0.0281. The lowest BCUT2D eigenvalue weighted by Crippen LogP contribution is -2.16. The maximum absolute atomic E-state index is 13.4. The van der Waals surface area contributed by atoms with E-state index in [1.165, 1.54) is 30.3 Å². The van der Waals surface area contributed by atoms with E-state index in [1.807, 2.05) is 22.6 Å². The van der Waals surface area contributed by atoms with Gasteiger partial charge < -0.3 is 5.32 Å². The van der Waals surface area contributed by atoms with Crippen LogP contribution in [0.25, 0.3) is 0 Å². The maximum Gasteiger partial charge on any atom is 0.228 e. The fourth-order valence-electron chi connectivity index (χ4n) is 1.64. The van der Waals surface area contributed by atoms with Gasteiger partial charge in [-0.3, -0.25) is 4.79 Å². The molecule has 0 aromatic heterocycles. The predicted octanol–water partition coefficient (Wildman–Crippen LogP) is 3.89. The Morgan fingerprint density at radius 3 is 2.60 bits per heavy atom. The highest BCUT2D eigenvalue weighted by molar-refractivity contribution is 14.1. The summed E-state index contributed by atoms with van der Waals surface area (Å²) in [5, 5.41) is 2.53. The molecule has 104 valence electrons. The lowest BCUT2D eigenvalue weighted by atomic mass is 10.1. The zero-order valence-corrected chi connectivity index (χ0v) is 12.2. The molecule has 0 radical (unpaired) electrons. The summed E-state index contributed by atoms with van der Waals surface area (Å²) >= 11 is 1.87. The molecule has 0 fully saturated rings. The fourth-order valence-corrected chi connectivity index (χ4v) is 2.26. The minimum Gasteiger partial charge on any atom is -0.325 e. The Balaban J connectivity index is 2.11. The summed E-state index contributed by atoms with van der Waals surface area (Å²) in [7, 11) is 0. The highest BCUT2D eigenvalue weighted by Gasteiger charge is 2.12. The number of rotatable bonds is 3. The molecule has 0 aliphatic heterocycles. The van der Waals surface area contributed by atoms with E-state index < -0.39 is 23.4 Å². The van der Waals surface area contributed by atoms with Crippen LogP contribution in [-0.2, 0) is 11.2 Å². The van der Waals surface area contributed by atoms with E-state index in [0.717, 1.165) is 6.07 Å². The summed E-state index contributed by atoms with van der Waals surface area (Å²) in [6.45, 7) is 0. The molecule has 0 unspecified atom stereocenters. The zero-order valence-electron chi connectivity index (χ0n) is 10.1. The summed E-state index contributed by atoms with van der Waals surface area (Å²) in [5.41, 5.74) is 0.397. The van der Waals surface area contributed by atoms with Crippen molar-refractivity contribution in [1.82, 2.24) is 0 Å². The molecule has 0 saturated heterocycles. The van der Waals surface area contributed by atoms with Crippen molar-refractivity contribution in [2.45, 2.75) is 6.42 Å². The van der Waals surface area contributed by atoms with Crippen molar-refractivity contribution in [3.8, 4) is 0 Å². The summed E-state index contributed by atoms with van der Waals surface area (Å²) in [6.07, 6.45) is -0.295. The highest BCUT2D eigenvalue weighted by atomic mass is 127. The van der Waals surface area contributed by atoms with E-state index in [4.69, 9.17) is 0 Å². The molecular weight excluding hydrogens is 382 g/mol. The predicted molar refractivity (Wildman–Crippen MR) is 77.8 cm³/mol. The van der Waals surface area contributed by atoms with Crippen molar-refractivity contribution in [3.05, 3.63) is 63.0 Å². The van der Waals surface area contributed by atoms with Crippen LogP contribution in [0.1, 0.15) is 5.56 Å².